The van der Waals surface area contributed by atoms with Gasteiger partial charge in [0, 0.05) is 11.5 Å². The van der Waals surface area contributed by atoms with Crippen LogP contribution in [0.5, 0.6) is 0 Å². The third kappa shape index (κ3) is 6.00. The van der Waals surface area contributed by atoms with Crippen LogP contribution in [0.4, 0.5) is 15.6 Å². The summed E-state index contributed by atoms with van der Waals surface area (Å²) >= 11 is 7.10. The maximum atomic E-state index is 12.9. The van der Waals surface area contributed by atoms with Gasteiger partial charge in [-0.25, -0.2) is 22.9 Å². The lowest BCUT2D eigenvalue weighted by Gasteiger charge is -2.14. The third-order valence-corrected chi connectivity index (χ3v) is 6.71. The largest absolute Gasteiger partial charge is 0.325 e. The van der Waals surface area contributed by atoms with E-state index in [0.717, 1.165) is 48.8 Å². The number of Topliss-reactive ketones (excluding diaryl/α,β-unsaturated/α-hetero) is 1. The molecular formula is C19H23ClN4O4S2. The number of nitrogens with one attached hydrogen (secondary N) is 3. The number of benzene rings is 1. The quantitative estimate of drug-likeness (QED) is 0.525. The Morgan fingerprint density at radius 2 is 1.93 bits per heavy atom. The standard InChI is InChI=1S/C19H23ClN4O4S2/c1-11-7-8-14(13(9-11)16(25)12-5-3-4-6-12)22-18(26)24-19-23-15(17(20)29-19)10-21-30(2,27)28/h7-9,12,21H,3-6,10H2,1-2H3,(H2,22,23,24,26). The first-order valence-electron chi connectivity index (χ1n) is 9.45. The molecule has 162 valence electrons. The first kappa shape index (κ1) is 22.7. The summed E-state index contributed by atoms with van der Waals surface area (Å²) in [5, 5.41) is 5.52. The second-order valence-electron chi connectivity index (χ2n) is 7.31. The average Bonchev–Trinajstić information content (AvgIpc) is 3.30. The van der Waals surface area contributed by atoms with E-state index in [1.807, 2.05) is 13.0 Å². The zero-order chi connectivity index (χ0) is 21.9. The van der Waals surface area contributed by atoms with E-state index < -0.39 is 16.1 Å². The first-order chi connectivity index (χ1) is 14.1. The van der Waals surface area contributed by atoms with Crippen LogP contribution in [0.2, 0.25) is 4.34 Å². The van der Waals surface area contributed by atoms with Crippen LogP contribution in [0, 0.1) is 12.8 Å². The van der Waals surface area contributed by atoms with Crippen LogP contribution < -0.4 is 15.4 Å². The molecule has 0 bridgehead atoms. The van der Waals surface area contributed by atoms with Crippen molar-refractivity contribution in [2.24, 2.45) is 5.92 Å². The number of sulfonamides is 1. The van der Waals surface area contributed by atoms with Crippen molar-refractivity contribution >= 4 is 55.6 Å². The van der Waals surface area contributed by atoms with Gasteiger partial charge in [0.05, 0.1) is 24.2 Å². The van der Waals surface area contributed by atoms with Crippen LogP contribution in [0.3, 0.4) is 0 Å². The van der Waals surface area contributed by atoms with E-state index >= 15 is 0 Å². The van der Waals surface area contributed by atoms with E-state index in [1.165, 1.54) is 0 Å². The van der Waals surface area contributed by atoms with Crippen molar-refractivity contribution in [1.82, 2.24) is 9.71 Å². The molecule has 0 aliphatic heterocycles. The highest BCUT2D eigenvalue weighted by Crippen LogP contribution is 2.31. The molecule has 1 aromatic carbocycles. The molecule has 1 aliphatic rings. The maximum absolute atomic E-state index is 12.9. The third-order valence-electron chi connectivity index (χ3n) is 4.79. The van der Waals surface area contributed by atoms with Crippen molar-refractivity contribution in [3.63, 3.8) is 0 Å². The van der Waals surface area contributed by atoms with E-state index in [-0.39, 0.29) is 27.7 Å². The minimum absolute atomic E-state index is 0.00177. The summed E-state index contributed by atoms with van der Waals surface area (Å²) in [6, 6.07) is 4.78. The molecule has 1 fully saturated rings. The van der Waals surface area contributed by atoms with Crippen molar-refractivity contribution in [2.45, 2.75) is 39.2 Å². The fourth-order valence-corrected chi connectivity index (χ4v) is 4.76. The van der Waals surface area contributed by atoms with Gasteiger partial charge >= 0.3 is 6.03 Å². The SMILES string of the molecule is Cc1ccc(NC(=O)Nc2nc(CNS(C)(=O)=O)c(Cl)s2)c(C(=O)C2CCCC2)c1. The lowest BCUT2D eigenvalue weighted by molar-refractivity contribution is 0.0923. The summed E-state index contributed by atoms with van der Waals surface area (Å²) < 4.78 is 25.0. The predicted molar refractivity (Wildman–Crippen MR) is 119 cm³/mol. The number of carbonyl (C=O) groups excluding carboxylic acids is 2. The van der Waals surface area contributed by atoms with E-state index in [0.29, 0.717) is 16.9 Å². The average molecular weight is 471 g/mol. The highest BCUT2D eigenvalue weighted by molar-refractivity contribution is 7.88. The Morgan fingerprint density at radius 3 is 2.60 bits per heavy atom. The number of nitrogens with zero attached hydrogens (tertiary/aromatic N) is 1. The first-order valence-corrected chi connectivity index (χ1v) is 12.5. The number of anilines is 2. The second-order valence-corrected chi connectivity index (χ2v) is 10.7. The minimum Gasteiger partial charge on any atom is -0.307 e. The summed E-state index contributed by atoms with van der Waals surface area (Å²) in [5.41, 5.74) is 2.20. The number of thiazole rings is 1. The van der Waals surface area contributed by atoms with Gasteiger partial charge in [-0.3, -0.25) is 10.1 Å². The molecule has 2 aromatic rings. The summed E-state index contributed by atoms with van der Waals surface area (Å²) in [6.07, 6.45) is 4.88. The van der Waals surface area contributed by atoms with Crippen molar-refractivity contribution in [3.8, 4) is 0 Å². The molecule has 3 rings (SSSR count). The Morgan fingerprint density at radius 1 is 1.23 bits per heavy atom. The van der Waals surface area contributed by atoms with Crippen molar-refractivity contribution in [3.05, 3.63) is 39.4 Å². The van der Waals surface area contributed by atoms with Gasteiger partial charge in [-0.2, -0.15) is 0 Å². The van der Waals surface area contributed by atoms with E-state index in [4.69, 9.17) is 11.6 Å². The van der Waals surface area contributed by atoms with Gasteiger partial charge in [0.1, 0.15) is 4.34 Å². The molecule has 1 saturated carbocycles. The molecule has 0 atom stereocenters. The topological polar surface area (TPSA) is 117 Å². The fourth-order valence-electron chi connectivity index (χ4n) is 3.32. The molecule has 0 radical (unpaired) electrons. The van der Waals surface area contributed by atoms with Gasteiger partial charge in [-0.15, -0.1) is 0 Å². The van der Waals surface area contributed by atoms with Crippen molar-refractivity contribution in [1.29, 1.82) is 0 Å². The van der Waals surface area contributed by atoms with Gasteiger partial charge in [-0.05, 0) is 31.9 Å². The molecule has 1 aliphatic carbocycles. The van der Waals surface area contributed by atoms with E-state index in [2.05, 4.69) is 20.3 Å². The summed E-state index contributed by atoms with van der Waals surface area (Å²) in [5.74, 6) is 0.0519. The van der Waals surface area contributed by atoms with Gasteiger partial charge in [0.25, 0.3) is 0 Å². The normalized spacial score (nSPS) is 14.6. The van der Waals surface area contributed by atoms with Gasteiger partial charge in [-0.1, -0.05) is 47.4 Å². The zero-order valence-corrected chi connectivity index (χ0v) is 19.0. The highest BCUT2D eigenvalue weighted by atomic mass is 35.5. The van der Waals surface area contributed by atoms with Gasteiger partial charge in [0.15, 0.2) is 10.9 Å². The molecular weight excluding hydrogens is 448 g/mol. The van der Waals surface area contributed by atoms with Gasteiger partial charge < -0.3 is 5.32 Å². The van der Waals surface area contributed by atoms with Crippen LogP contribution in [0.15, 0.2) is 18.2 Å². The Bertz CT molecular complexity index is 1060. The van der Waals surface area contributed by atoms with E-state index in [1.54, 1.807) is 12.1 Å². The smallest absolute Gasteiger partial charge is 0.307 e. The molecule has 1 aromatic heterocycles. The Kier molecular flexibility index (Phi) is 7.12. The minimum atomic E-state index is -3.39. The Hall–Kier alpha value is -2.01. The molecule has 30 heavy (non-hydrogen) atoms. The lowest BCUT2D eigenvalue weighted by Crippen LogP contribution is -2.23. The number of rotatable bonds is 7. The van der Waals surface area contributed by atoms with E-state index in [9.17, 15) is 18.0 Å². The number of aromatic nitrogens is 1. The van der Waals surface area contributed by atoms with Crippen molar-refractivity contribution in [2.75, 3.05) is 16.9 Å². The Labute approximate surface area is 184 Å². The monoisotopic (exact) mass is 470 g/mol. The van der Waals surface area contributed by atoms with Crippen molar-refractivity contribution < 1.29 is 18.0 Å². The molecule has 3 N–H and O–H groups in total. The number of aryl methyl sites for hydroxylation is 1. The number of amides is 2. The van der Waals surface area contributed by atoms with Crippen LogP contribution in [-0.4, -0.2) is 31.5 Å². The predicted octanol–water partition coefficient (Wildman–Crippen LogP) is 4.17. The number of urea groups is 1. The molecule has 0 saturated heterocycles. The molecule has 0 unspecified atom stereocenters. The van der Waals surface area contributed by atoms with Gasteiger partial charge in [0.2, 0.25) is 10.0 Å². The number of carbonyl (C=O) groups is 2. The molecule has 0 spiro atoms. The molecule has 2 amide bonds. The number of hydrogen-bond acceptors (Lipinski definition) is 6. The number of hydrogen-bond donors (Lipinski definition) is 3. The molecule has 1 heterocycles. The summed E-state index contributed by atoms with van der Waals surface area (Å²) in [4.78, 5) is 29.5. The Balaban J connectivity index is 1.70. The van der Waals surface area contributed by atoms with Crippen LogP contribution >= 0.6 is 22.9 Å². The highest BCUT2D eigenvalue weighted by Gasteiger charge is 2.26. The summed E-state index contributed by atoms with van der Waals surface area (Å²) in [6.45, 7) is 1.83. The number of halogens is 1. The zero-order valence-electron chi connectivity index (χ0n) is 16.6. The van der Waals surface area contributed by atoms with Crippen LogP contribution in [0.25, 0.3) is 0 Å². The molecule has 8 nitrogen and oxygen atoms in total. The maximum Gasteiger partial charge on any atom is 0.325 e. The lowest BCUT2D eigenvalue weighted by atomic mass is 9.94. The number of ketones is 1. The fraction of sp³-hybridized carbons (Fsp3) is 0.421. The van der Waals surface area contributed by atoms with Crippen LogP contribution in [0.1, 0.15) is 47.3 Å². The molecule has 11 heteroatoms. The van der Waals surface area contributed by atoms with Crippen LogP contribution in [-0.2, 0) is 16.6 Å². The summed E-state index contributed by atoms with van der Waals surface area (Å²) in [7, 11) is -3.39. The second kappa shape index (κ2) is 9.42.